The highest BCUT2D eigenvalue weighted by atomic mass is 15.2. The van der Waals surface area contributed by atoms with Crippen molar-refractivity contribution in [3.05, 3.63) is 23.9 Å². The van der Waals surface area contributed by atoms with E-state index < -0.39 is 0 Å². The largest absolute Gasteiger partial charge is 0.345 e. The van der Waals surface area contributed by atoms with Gasteiger partial charge in [-0.15, -0.1) is 6.42 Å². The summed E-state index contributed by atoms with van der Waals surface area (Å²) in [7, 11) is 0. The van der Waals surface area contributed by atoms with Crippen molar-refractivity contribution in [1.82, 2.24) is 4.98 Å². The Balaban J connectivity index is 2.11. The van der Waals surface area contributed by atoms with Crippen LogP contribution in [0.4, 0.5) is 5.82 Å². The summed E-state index contributed by atoms with van der Waals surface area (Å²) in [5, 5.41) is 8.69. The number of anilines is 1. The molecule has 0 atom stereocenters. The van der Waals surface area contributed by atoms with Gasteiger partial charge in [-0.1, -0.05) is 5.92 Å². The van der Waals surface area contributed by atoms with E-state index in [2.05, 4.69) is 21.9 Å². The van der Waals surface area contributed by atoms with Gasteiger partial charge < -0.3 is 4.90 Å². The van der Waals surface area contributed by atoms with E-state index in [1.807, 2.05) is 6.07 Å². The van der Waals surface area contributed by atoms with Crippen LogP contribution in [0.15, 0.2) is 18.3 Å². The van der Waals surface area contributed by atoms with Crippen molar-refractivity contribution in [2.75, 3.05) is 18.0 Å². The summed E-state index contributed by atoms with van der Waals surface area (Å²) in [6.45, 7) is 1.55. The average Bonchev–Trinajstić information content (AvgIpc) is 3.13. The second-order valence-electron chi connectivity index (χ2n) is 4.04. The summed E-state index contributed by atoms with van der Waals surface area (Å²) in [5.41, 5.74) is 0.579. The molecule has 1 fully saturated rings. The molecule has 1 aromatic heterocycles. The Bertz CT molecular complexity index is 432. The molecule has 0 spiro atoms. The standard InChI is InChI=1S/C13H13N3/c1-2-7-16(10-11-3-4-11)13-6-5-12(8-14)9-15-13/h1,5-6,9,11H,3-4,7,10H2. The maximum atomic E-state index is 8.69. The lowest BCUT2D eigenvalue weighted by Crippen LogP contribution is -2.26. The summed E-state index contributed by atoms with van der Waals surface area (Å²) in [6.07, 6.45) is 9.51. The minimum Gasteiger partial charge on any atom is -0.345 e. The lowest BCUT2D eigenvalue weighted by molar-refractivity contribution is 0.755. The molecule has 0 N–H and O–H groups in total. The summed E-state index contributed by atoms with van der Waals surface area (Å²) in [4.78, 5) is 6.35. The Labute approximate surface area is 95.7 Å². The number of nitriles is 1. The lowest BCUT2D eigenvalue weighted by Gasteiger charge is -2.20. The van der Waals surface area contributed by atoms with E-state index in [1.54, 1.807) is 12.3 Å². The van der Waals surface area contributed by atoms with E-state index >= 15 is 0 Å². The van der Waals surface area contributed by atoms with Crippen molar-refractivity contribution >= 4 is 5.82 Å². The topological polar surface area (TPSA) is 39.9 Å². The number of hydrogen-bond acceptors (Lipinski definition) is 3. The van der Waals surface area contributed by atoms with E-state index in [0.717, 1.165) is 18.3 Å². The average molecular weight is 211 g/mol. The molecule has 1 aromatic rings. The third-order valence-corrected chi connectivity index (χ3v) is 2.66. The van der Waals surface area contributed by atoms with Gasteiger partial charge in [-0.25, -0.2) is 4.98 Å². The maximum Gasteiger partial charge on any atom is 0.129 e. The molecule has 0 radical (unpaired) electrons. The molecule has 0 aliphatic heterocycles. The SMILES string of the molecule is C#CCN(CC1CC1)c1ccc(C#N)cn1. The van der Waals surface area contributed by atoms with Crippen LogP contribution in [-0.4, -0.2) is 18.1 Å². The summed E-state index contributed by atoms with van der Waals surface area (Å²) in [6, 6.07) is 5.69. The minimum atomic E-state index is 0.579. The normalized spacial score (nSPS) is 13.9. The van der Waals surface area contributed by atoms with Crippen molar-refractivity contribution in [2.45, 2.75) is 12.8 Å². The molecule has 1 aliphatic rings. The molecule has 80 valence electrons. The van der Waals surface area contributed by atoms with Crippen LogP contribution in [0.1, 0.15) is 18.4 Å². The van der Waals surface area contributed by atoms with Gasteiger partial charge in [0.25, 0.3) is 0 Å². The smallest absolute Gasteiger partial charge is 0.129 e. The first-order valence-corrected chi connectivity index (χ1v) is 5.38. The number of hydrogen-bond donors (Lipinski definition) is 0. The summed E-state index contributed by atoms with van der Waals surface area (Å²) in [5.74, 6) is 4.28. The van der Waals surface area contributed by atoms with Gasteiger partial charge in [0, 0.05) is 12.7 Å². The third-order valence-electron chi connectivity index (χ3n) is 2.66. The molecule has 0 bridgehead atoms. The molecule has 1 aliphatic carbocycles. The minimum absolute atomic E-state index is 0.579. The number of pyridine rings is 1. The van der Waals surface area contributed by atoms with Crippen molar-refractivity contribution in [2.24, 2.45) is 5.92 Å². The fraction of sp³-hybridized carbons (Fsp3) is 0.385. The quantitative estimate of drug-likeness (QED) is 0.713. The van der Waals surface area contributed by atoms with Gasteiger partial charge in [-0.05, 0) is 30.9 Å². The molecule has 0 aromatic carbocycles. The maximum absolute atomic E-state index is 8.69. The lowest BCUT2D eigenvalue weighted by atomic mass is 10.3. The van der Waals surface area contributed by atoms with Crippen LogP contribution in [-0.2, 0) is 0 Å². The Hall–Kier alpha value is -2.00. The highest BCUT2D eigenvalue weighted by Gasteiger charge is 2.24. The number of terminal acetylenes is 1. The van der Waals surface area contributed by atoms with E-state index in [-0.39, 0.29) is 0 Å². The zero-order valence-electron chi connectivity index (χ0n) is 9.06. The van der Waals surface area contributed by atoms with Gasteiger partial charge in [-0.2, -0.15) is 5.26 Å². The zero-order valence-corrected chi connectivity index (χ0v) is 9.06. The first-order valence-electron chi connectivity index (χ1n) is 5.38. The van der Waals surface area contributed by atoms with Crippen molar-refractivity contribution in [3.8, 4) is 18.4 Å². The predicted octanol–water partition coefficient (Wildman–Crippen LogP) is 1.80. The molecular weight excluding hydrogens is 198 g/mol. The van der Waals surface area contributed by atoms with Crippen LogP contribution in [0.25, 0.3) is 0 Å². The molecule has 0 amide bonds. The molecule has 1 heterocycles. The fourth-order valence-electron chi connectivity index (χ4n) is 1.60. The molecule has 16 heavy (non-hydrogen) atoms. The van der Waals surface area contributed by atoms with E-state index in [9.17, 15) is 0 Å². The van der Waals surface area contributed by atoms with Gasteiger partial charge in [0.1, 0.15) is 11.9 Å². The highest BCUT2D eigenvalue weighted by molar-refractivity contribution is 5.43. The van der Waals surface area contributed by atoms with Crippen molar-refractivity contribution in [3.63, 3.8) is 0 Å². The van der Waals surface area contributed by atoms with Crippen LogP contribution in [0.2, 0.25) is 0 Å². The van der Waals surface area contributed by atoms with Gasteiger partial charge in [0.15, 0.2) is 0 Å². The summed E-state index contributed by atoms with van der Waals surface area (Å²) < 4.78 is 0. The Kier molecular flexibility index (Phi) is 3.08. The number of rotatable bonds is 4. The molecule has 0 unspecified atom stereocenters. The Morgan fingerprint density at radius 3 is 2.81 bits per heavy atom. The molecular formula is C13H13N3. The first kappa shape index (κ1) is 10.5. The van der Waals surface area contributed by atoms with Gasteiger partial charge >= 0.3 is 0 Å². The van der Waals surface area contributed by atoms with E-state index in [0.29, 0.717) is 12.1 Å². The predicted molar refractivity (Wildman–Crippen MR) is 62.7 cm³/mol. The molecule has 0 saturated heterocycles. The Morgan fingerprint density at radius 2 is 2.31 bits per heavy atom. The van der Waals surface area contributed by atoms with Crippen LogP contribution in [0.5, 0.6) is 0 Å². The number of nitrogens with zero attached hydrogens (tertiary/aromatic N) is 3. The van der Waals surface area contributed by atoms with Crippen LogP contribution in [0, 0.1) is 29.6 Å². The van der Waals surface area contributed by atoms with Crippen LogP contribution < -0.4 is 4.90 Å². The van der Waals surface area contributed by atoms with Crippen LogP contribution >= 0.6 is 0 Å². The van der Waals surface area contributed by atoms with Crippen molar-refractivity contribution in [1.29, 1.82) is 5.26 Å². The zero-order chi connectivity index (χ0) is 11.4. The highest BCUT2D eigenvalue weighted by Crippen LogP contribution is 2.30. The number of aromatic nitrogens is 1. The molecule has 3 heteroatoms. The molecule has 3 nitrogen and oxygen atoms in total. The van der Waals surface area contributed by atoms with Crippen LogP contribution in [0.3, 0.4) is 0 Å². The van der Waals surface area contributed by atoms with Gasteiger partial charge in [-0.3, -0.25) is 0 Å². The Morgan fingerprint density at radius 1 is 1.50 bits per heavy atom. The first-order chi connectivity index (χ1) is 7.83. The molecule has 2 rings (SSSR count). The summed E-state index contributed by atoms with van der Waals surface area (Å²) >= 11 is 0. The van der Waals surface area contributed by atoms with E-state index in [1.165, 1.54) is 12.8 Å². The second kappa shape index (κ2) is 4.68. The third kappa shape index (κ3) is 2.52. The van der Waals surface area contributed by atoms with Gasteiger partial charge in [0.2, 0.25) is 0 Å². The van der Waals surface area contributed by atoms with E-state index in [4.69, 9.17) is 11.7 Å². The molecule has 1 saturated carbocycles. The second-order valence-corrected chi connectivity index (χ2v) is 4.04. The monoisotopic (exact) mass is 211 g/mol. The fourth-order valence-corrected chi connectivity index (χ4v) is 1.60. The van der Waals surface area contributed by atoms with Gasteiger partial charge in [0.05, 0.1) is 12.1 Å². The van der Waals surface area contributed by atoms with Crippen molar-refractivity contribution < 1.29 is 0 Å².